The number of amides is 1. The molecule has 0 heterocycles. The first kappa shape index (κ1) is 10.2. The van der Waals surface area contributed by atoms with E-state index in [0.717, 1.165) is 0 Å². The maximum Gasteiger partial charge on any atom is 0.218 e. The van der Waals surface area contributed by atoms with Gasteiger partial charge < -0.3 is 5.32 Å². The molecule has 0 spiro atoms. The van der Waals surface area contributed by atoms with E-state index in [1.54, 1.807) is 13.8 Å². The van der Waals surface area contributed by atoms with Crippen LogP contribution in [0.4, 0.5) is 0 Å². The van der Waals surface area contributed by atoms with Crippen LogP contribution in [-0.4, -0.2) is 11.4 Å². The molecule has 0 radical (unpaired) electrons. The van der Waals surface area contributed by atoms with Crippen LogP contribution in [0.3, 0.4) is 0 Å². The third-order valence-corrected chi connectivity index (χ3v) is 1.91. The van der Waals surface area contributed by atoms with E-state index < -0.39 is 10.9 Å². The topological polar surface area (TPSA) is 52.9 Å². The van der Waals surface area contributed by atoms with E-state index in [1.807, 2.05) is 6.07 Å². The van der Waals surface area contributed by atoms with Crippen molar-refractivity contribution in [3.8, 4) is 6.07 Å². The van der Waals surface area contributed by atoms with Crippen LogP contribution < -0.4 is 5.32 Å². The van der Waals surface area contributed by atoms with Crippen molar-refractivity contribution in [2.75, 3.05) is 0 Å². The number of carbonyl (C=O) groups excluding carboxylic acids is 1. The molecule has 1 atom stereocenters. The molecule has 0 aromatic carbocycles. The number of alkyl halides is 1. The summed E-state index contributed by atoms with van der Waals surface area (Å²) in [5, 5.41) is 11.0. The molecule has 0 bridgehead atoms. The Morgan fingerprint density at radius 1 is 1.73 bits per heavy atom. The first-order valence-corrected chi connectivity index (χ1v) is 3.66. The molecule has 3 nitrogen and oxygen atoms in total. The molecule has 11 heavy (non-hydrogen) atoms. The molecular formula is C7H11ClN2O. The van der Waals surface area contributed by atoms with Crippen molar-refractivity contribution < 1.29 is 4.79 Å². The summed E-state index contributed by atoms with van der Waals surface area (Å²) < 4.78 is 0. The summed E-state index contributed by atoms with van der Waals surface area (Å²) in [6, 6.07) is 2.00. The molecular weight excluding hydrogens is 164 g/mol. The zero-order valence-electron chi connectivity index (χ0n) is 6.81. The number of rotatable bonds is 2. The Labute approximate surface area is 71.3 Å². The van der Waals surface area contributed by atoms with Crippen LogP contribution in [0.25, 0.3) is 0 Å². The highest BCUT2D eigenvalue weighted by Crippen LogP contribution is 2.21. The van der Waals surface area contributed by atoms with Crippen molar-refractivity contribution in [1.29, 1.82) is 5.26 Å². The number of nitriles is 1. The first-order chi connectivity index (χ1) is 4.90. The number of nitrogens with one attached hydrogen (secondary N) is 1. The number of hydrogen-bond acceptors (Lipinski definition) is 2. The third kappa shape index (κ3) is 3.24. The van der Waals surface area contributed by atoms with Crippen LogP contribution in [0.5, 0.6) is 0 Å². The summed E-state index contributed by atoms with van der Waals surface area (Å²) in [7, 11) is 0. The van der Waals surface area contributed by atoms with Crippen LogP contribution >= 0.6 is 11.6 Å². The Hall–Kier alpha value is -0.750. The lowest BCUT2D eigenvalue weighted by atomic mass is 9.95. The van der Waals surface area contributed by atoms with Gasteiger partial charge in [0.1, 0.15) is 5.50 Å². The number of halogens is 1. The minimum Gasteiger partial charge on any atom is -0.339 e. The average molecular weight is 175 g/mol. The number of nitrogens with zero attached hydrogens (tertiary/aromatic N) is 1. The molecule has 1 amide bonds. The zero-order chi connectivity index (χ0) is 9.07. The standard InChI is InChI=1S/C7H11ClN2O/c1-5(11)10-6(8)7(2,3)4-9/h6H,1-3H3,(H,10,11). The molecule has 1 N–H and O–H groups in total. The predicted molar refractivity (Wildman–Crippen MR) is 42.9 cm³/mol. The highest BCUT2D eigenvalue weighted by Gasteiger charge is 2.27. The summed E-state index contributed by atoms with van der Waals surface area (Å²) >= 11 is 5.71. The molecule has 0 saturated carbocycles. The molecule has 0 aliphatic heterocycles. The molecule has 4 heteroatoms. The second-order valence-corrected chi connectivity index (χ2v) is 3.33. The van der Waals surface area contributed by atoms with Gasteiger partial charge >= 0.3 is 0 Å². The predicted octanol–water partition coefficient (Wildman–Crippen LogP) is 1.24. The van der Waals surface area contributed by atoms with Gasteiger partial charge in [-0.15, -0.1) is 0 Å². The molecule has 0 rings (SSSR count). The van der Waals surface area contributed by atoms with Gasteiger partial charge in [0.25, 0.3) is 0 Å². The Balaban J connectivity index is 4.15. The maximum absolute atomic E-state index is 10.5. The van der Waals surface area contributed by atoms with Gasteiger partial charge in [-0.2, -0.15) is 5.26 Å². The Morgan fingerprint density at radius 3 is 2.45 bits per heavy atom. The van der Waals surface area contributed by atoms with Crippen LogP contribution in [0.2, 0.25) is 0 Å². The van der Waals surface area contributed by atoms with Gasteiger partial charge in [0.15, 0.2) is 0 Å². The Kier molecular flexibility index (Phi) is 3.34. The Bertz CT molecular complexity index is 195. The molecule has 0 fully saturated rings. The summed E-state index contributed by atoms with van der Waals surface area (Å²) in [4.78, 5) is 10.5. The lowest BCUT2D eigenvalue weighted by Gasteiger charge is -2.22. The first-order valence-electron chi connectivity index (χ1n) is 3.22. The minimum atomic E-state index is -0.729. The molecule has 0 saturated heterocycles. The third-order valence-electron chi connectivity index (χ3n) is 1.25. The Morgan fingerprint density at radius 2 is 2.18 bits per heavy atom. The normalized spacial score (nSPS) is 13.4. The van der Waals surface area contributed by atoms with Crippen molar-refractivity contribution in [2.45, 2.75) is 26.3 Å². The fraction of sp³-hybridized carbons (Fsp3) is 0.714. The smallest absolute Gasteiger partial charge is 0.218 e. The molecule has 62 valence electrons. The zero-order valence-corrected chi connectivity index (χ0v) is 7.57. The van der Waals surface area contributed by atoms with Gasteiger partial charge in [0.05, 0.1) is 11.5 Å². The summed E-state index contributed by atoms with van der Waals surface area (Å²) in [5.41, 5.74) is -1.36. The van der Waals surface area contributed by atoms with E-state index in [0.29, 0.717) is 0 Å². The van der Waals surface area contributed by atoms with Gasteiger partial charge in [0, 0.05) is 6.92 Å². The van der Waals surface area contributed by atoms with Gasteiger partial charge in [0.2, 0.25) is 5.91 Å². The van der Waals surface area contributed by atoms with E-state index in [2.05, 4.69) is 5.32 Å². The molecule has 0 aliphatic rings. The van der Waals surface area contributed by atoms with Crippen molar-refractivity contribution in [2.24, 2.45) is 5.41 Å². The van der Waals surface area contributed by atoms with E-state index in [-0.39, 0.29) is 5.91 Å². The van der Waals surface area contributed by atoms with Gasteiger partial charge in [-0.05, 0) is 13.8 Å². The van der Waals surface area contributed by atoms with Gasteiger partial charge in [-0.1, -0.05) is 11.6 Å². The highest BCUT2D eigenvalue weighted by molar-refractivity contribution is 6.21. The fourth-order valence-corrected chi connectivity index (χ4v) is 0.618. The van der Waals surface area contributed by atoms with Crippen molar-refractivity contribution in [3.63, 3.8) is 0 Å². The van der Waals surface area contributed by atoms with E-state index in [4.69, 9.17) is 16.9 Å². The maximum atomic E-state index is 10.5. The molecule has 1 unspecified atom stereocenters. The van der Waals surface area contributed by atoms with E-state index in [1.165, 1.54) is 6.92 Å². The highest BCUT2D eigenvalue weighted by atomic mass is 35.5. The summed E-state index contributed by atoms with van der Waals surface area (Å²) in [6.45, 7) is 4.70. The minimum absolute atomic E-state index is 0.228. The summed E-state index contributed by atoms with van der Waals surface area (Å²) in [6.07, 6.45) is 0. The van der Waals surface area contributed by atoms with E-state index in [9.17, 15) is 4.79 Å². The second-order valence-electron chi connectivity index (χ2n) is 2.90. The fourth-order valence-electron chi connectivity index (χ4n) is 0.416. The van der Waals surface area contributed by atoms with Crippen LogP contribution in [0.1, 0.15) is 20.8 Å². The summed E-state index contributed by atoms with van der Waals surface area (Å²) in [5.74, 6) is -0.228. The van der Waals surface area contributed by atoms with E-state index >= 15 is 0 Å². The van der Waals surface area contributed by atoms with Crippen molar-refractivity contribution in [1.82, 2.24) is 5.32 Å². The average Bonchev–Trinajstić information content (AvgIpc) is 1.86. The van der Waals surface area contributed by atoms with Crippen molar-refractivity contribution in [3.05, 3.63) is 0 Å². The van der Waals surface area contributed by atoms with Crippen LogP contribution in [-0.2, 0) is 4.79 Å². The molecule has 0 aliphatic carbocycles. The molecule has 0 aromatic rings. The molecule has 0 aromatic heterocycles. The largest absolute Gasteiger partial charge is 0.339 e. The van der Waals surface area contributed by atoms with Gasteiger partial charge in [-0.25, -0.2) is 0 Å². The second kappa shape index (κ2) is 3.59. The number of hydrogen-bond donors (Lipinski definition) is 1. The van der Waals surface area contributed by atoms with Crippen LogP contribution in [0, 0.1) is 16.7 Å². The SMILES string of the molecule is CC(=O)NC(Cl)C(C)(C)C#N. The lowest BCUT2D eigenvalue weighted by molar-refractivity contribution is -0.119. The van der Waals surface area contributed by atoms with Gasteiger partial charge in [-0.3, -0.25) is 4.79 Å². The van der Waals surface area contributed by atoms with Crippen LogP contribution in [0.15, 0.2) is 0 Å². The monoisotopic (exact) mass is 174 g/mol. The number of carbonyl (C=O) groups is 1. The van der Waals surface area contributed by atoms with Crippen molar-refractivity contribution >= 4 is 17.5 Å². The quantitative estimate of drug-likeness (QED) is 0.506. The lowest BCUT2D eigenvalue weighted by Crippen LogP contribution is -2.39.